The van der Waals surface area contributed by atoms with E-state index in [9.17, 15) is 13.2 Å². The number of pyridine rings is 2. The zero-order chi connectivity index (χ0) is 24.8. The van der Waals surface area contributed by atoms with E-state index in [1.165, 1.54) is 11.4 Å². The van der Waals surface area contributed by atoms with Crippen LogP contribution in [0.25, 0.3) is 0 Å². The third-order valence-electron chi connectivity index (χ3n) is 5.32. The van der Waals surface area contributed by atoms with Crippen LogP contribution in [0.4, 0.5) is 11.5 Å². The number of sulfonamides is 1. The summed E-state index contributed by atoms with van der Waals surface area (Å²) in [6.07, 6.45) is 4.92. The molecule has 8 nitrogen and oxygen atoms in total. The number of carbonyl (C=O) groups is 1. The number of hydrogen-bond acceptors (Lipinski definition) is 6. The van der Waals surface area contributed by atoms with Gasteiger partial charge in [0.15, 0.2) is 11.6 Å². The highest BCUT2D eigenvalue weighted by Crippen LogP contribution is 2.25. The number of amides is 1. The minimum absolute atomic E-state index is 0.196. The first-order chi connectivity index (χ1) is 16.8. The molecule has 9 heteroatoms. The van der Waals surface area contributed by atoms with Crippen molar-refractivity contribution in [3.63, 3.8) is 0 Å². The van der Waals surface area contributed by atoms with Crippen LogP contribution in [-0.4, -0.2) is 31.3 Å². The summed E-state index contributed by atoms with van der Waals surface area (Å²) in [7, 11) is -2.25. The Balaban J connectivity index is 1.46. The van der Waals surface area contributed by atoms with Gasteiger partial charge in [-0.3, -0.25) is 14.1 Å². The molecule has 0 aliphatic rings. The molecule has 0 saturated heterocycles. The van der Waals surface area contributed by atoms with E-state index in [2.05, 4.69) is 15.3 Å². The molecular formula is C26H24N4O4S. The molecule has 0 bridgehead atoms. The molecule has 0 radical (unpaired) electrons. The first kappa shape index (κ1) is 23.9. The first-order valence-electron chi connectivity index (χ1n) is 10.8. The SMILES string of the molecule is Cc1ccc(S(=O)(=O)N(C)c2ccc(C(=O)Nc3ncccc3OCc3ccncc3)cc2)cc1. The molecule has 1 amide bonds. The van der Waals surface area contributed by atoms with Crippen molar-refractivity contribution in [1.29, 1.82) is 0 Å². The Hall–Kier alpha value is -4.24. The van der Waals surface area contributed by atoms with Gasteiger partial charge < -0.3 is 10.1 Å². The lowest BCUT2D eigenvalue weighted by atomic mass is 10.2. The Morgan fingerprint density at radius 1 is 0.943 bits per heavy atom. The van der Waals surface area contributed by atoms with E-state index in [0.717, 1.165) is 11.1 Å². The standard InChI is InChI=1S/C26H24N4O4S/c1-19-5-11-23(12-6-19)35(32,33)30(2)22-9-7-21(8-10-22)26(31)29-25-24(4-3-15-28-25)34-18-20-13-16-27-17-14-20/h3-17H,18H2,1-2H3,(H,28,29,31). The maximum Gasteiger partial charge on any atom is 0.264 e. The molecule has 2 aromatic carbocycles. The molecule has 2 aromatic heterocycles. The fourth-order valence-electron chi connectivity index (χ4n) is 3.25. The summed E-state index contributed by atoms with van der Waals surface area (Å²) in [5.41, 5.74) is 2.68. The van der Waals surface area contributed by atoms with Crippen molar-refractivity contribution in [3.8, 4) is 5.75 Å². The summed E-state index contributed by atoms with van der Waals surface area (Å²) in [5.74, 6) is 0.320. The van der Waals surface area contributed by atoms with E-state index in [1.54, 1.807) is 79.3 Å². The molecule has 35 heavy (non-hydrogen) atoms. The highest BCUT2D eigenvalue weighted by Gasteiger charge is 2.21. The molecule has 4 rings (SSSR count). The number of anilines is 2. The Labute approximate surface area is 204 Å². The van der Waals surface area contributed by atoms with Gasteiger partial charge >= 0.3 is 0 Å². The van der Waals surface area contributed by atoms with Gasteiger partial charge in [-0.2, -0.15) is 0 Å². The molecule has 178 valence electrons. The number of ether oxygens (including phenoxy) is 1. The average Bonchev–Trinajstić information content (AvgIpc) is 2.88. The highest BCUT2D eigenvalue weighted by atomic mass is 32.2. The molecule has 0 saturated carbocycles. The Bertz CT molecular complexity index is 1410. The maximum absolute atomic E-state index is 12.9. The third-order valence-corrected chi connectivity index (χ3v) is 7.12. The maximum atomic E-state index is 12.9. The average molecular weight is 489 g/mol. The molecule has 4 aromatic rings. The predicted octanol–water partition coefficient (Wildman–Crippen LogP) is 4.44. The summed E-state index contributed by atoms with van der Waals surface area (Å²) in [6.45, 7) is 2.19. The van der Waals surface area contributed by atoms with Gasteiger partial charge in [0.25, 0.3) is 15.9 Å². The summed E-state index contributed by atoms with van der Waals surface area (Å²) in [5, 5.41) is 2.75. The first-order valence-corrected chi connectivity index (χ1v) is 12.2. The van der Waals surface area contributed by atoms with Gasteiger partial charge in [-0.05, 0) is 73.2 Å². The molecule has 0 fully saturated rings. The molecule has 0 spiro atoms. The van der Waals surface area contributed by atoms with Gasteiger partial charge in [-0.1, -0.05) is 17.7 Å². The van der Waals surface area contributed by atoms with E-state index in [1.807, 2.05) is 19.1 Å². The Kier molecular flexibility index (Phi) is 7.07. The number of rotatable bonds is 8. The molecule has 0 aliphatic carbocycles. The summed E-state index contributed by atoms with van der Waals surface area (Å²) in [4.78, 5) is 21.2. The lowest BCUT2D eigenvalue weighted by Crippen LogP contribution is -2.26. The molecule has 0 aliphatic heterocycles. The Morgan fingerprint density at radius 3 is 2.31 bits per heavy atom. The minimum atomic E-state index is -3.72. The van der Waals surface area contributed by atoms with E-state index in [-0.39, 0.29) is 10.7 Å². The van der Waals surface area contributed by atoms with Crippen molar-refractivity contribution < 1.29 is 17.9 Å². The van der Waals surface area contributed by atoms with Gasteiger partial charge in [0.1, 0.15) is 6.61 Å². The van der Waals surface area contributed by atoms with Crippen LogP contribution in [0, 0.1) is 6.92 Å². The van der Waals surface area contributed by atoms with Crippen molar-refractivity contribution in [3.05, 3.63) is 108 Å². The van der Waals surface area contributed by atoms with Gasteiger partial charge in [0, 0.05) is 31.2 Å². The van der Waals surface area contributed by atoms with E-state index in [0.29, 0.717) is 23.6 Å². The monoisotopic (exact) mass is 488 g/mol. The van der Waals surface area contributed by atoms with Crippen LogP contribution in [0.3, 0.4) is 0 Å². The third kappa shape index (κ3) is 5.64. The normalized spacial score (nSPS) is 11.0. The van der Waals surface area contributed by atoms with E-state index >= 15 is 0 Å². The molecule has 1 N–H and O–H groups in total. The largest absolute Gasteiger partial charge is 0.485 e. The number of benzene rings is 2. The van der Waals surface area contributed by atoms with Crippen molar-refractivity contribution in [2.75, 3.05) is 16.7 Å². The number of nitrogens with zero attached hydrogens (tertiary/aromatic N) is 3. The van der Waals surface area contributed by atoms with Gasteiger partial charge in [-0.15, -0.1) is 0 Å². The smallest absolute Gasteiger partial charge is 0.264 e. The molecule has 0 unspecified atom stereocenters. The van der Waals surface area contributed by atoms with Gasteiger partial charge in [0.2, 0.25) is 0 Å². The number of aryl methyl sites for hydroxylation is 1. The molecule has 2 heterocycles. The van der Waals surface area contributed by atoms with Crippen LogP contribution in [0.5, 0.6) is 5.75 Å². The zero-order valence-corrected chi connectivity index (χ0v) is 20.1. The van der Waals surface area contributed by atoms with Gasteiger partial charge in [0.05, 0.1) is 10.6 Å². The fourth-order valence-corrected chi connectivity index (χ4v) is 4.45. The lowest BCUT2D eigenvalue weighted by Gasteiger charge is -2.20. The number of carbonyl (C=O) groups excluding carboxylic acids is 1. The number of nitrogens with one attached hydrogen (secondary N) is 1. The minimum Gasteiger partial charge on any atom is -0.485 e. The second kappa shape index (κ2) is 10.4. The van der Waals surface area contributed by atoms with Crippen molar-refractivity contribution >= 4 is 27.4 Å². The van der Waals surface area contributed by atoms with Crippen molar-refractivity contribution in [1.82, 2.24) is 9.97 Å². The van der Waals surface area contributed by atoms with E-state index in [4.69, 9.17) is 4.74 Å². The van der Waals surface area contributed by atoms with E-state index < -0.39 is 15.9 Å². The Morgan fingerprint density at radius 2 is 1.63 bits per heavy atom. The van der Waals surface area contributed by atoms with Gasteiger partial charge in [-0.25, -0.2) is 13.4 Å². The summed E-state index contributed by atoms with van der Waals surface area (Å²) in [6, 6.07) is 20.1. The second-order valence-electron chi connectivity index (χ2n) is 7.78. The quantitative estimate of drug-likeness (QED) is 0.393. The number of aromatic nitrogens is 2. The molecular weight excluding hydrogens is 464 g/mol. The van der Waals surface area contributed by atoms with Crippen molar-refractivity contribution in [2.45, 2.75) is 18.4 Å². The van der Waals surface area contributed by atoms with Crippen LogP contribution in [0.15, 0.2) is 96.3 Å². The van der Waals surface area contributed by atoms with Crippen molar-refractivity contribution in [2.24, 2.45) is 0 Å². The van der Waals surface area contributed by atoms with Crippen LogP contribution >= 0.6 is 0 Å². The zero-order valence-electron chi connectivity index (χ0n) is 19.3. The molecule has 0 atom stereocenters. The topological polar surface area (TPSA) is 101 Å². The van der Waals surface area contributed by atoms with Crippen LogP contribution in [-0.2, 0) is 16.6 Å². The summed E-state index contributed by atoms with van der Waals surface area (Å²) >= 11 is 0. The fraction of sp³-hybridized carbons (Fsp3) is 0.115. The number of hydrogen-bond donors (Lipinski definition) is 1. The van der Waals surface area contributed by atoms with Crippen LogP contribution in [0.2, 0.25) is 0 Å². The van der Waals surface area contributed by atoms with Crippen LogP contribution < -0.4 is 14.4 Å². The second-order valence-corrected chi connectivity index (χ2v) is 9.75. The lowest BCUT2D eigenvalue weighted by molar-refractivity contribution is 0.102. The predicted molar refractivity (Wildman–Crippen MR) is 134 cm³/mol. The van der Waals surface area contributed by atoms with Crippen LogP contribution in [0.1, 0.15) is 21.5 Å². The summed E-state index contributed by atoms with van der Waals surface area (Å²) < 4.78 is 32.9. The highest BCUT2D eigenvalue weighted by molar-refractivity contribution is 7.92.